The molecule has 1 aliphatic carbocycles. The van der Waals surface area contributed by atoms with Crippen molar-refractivity contribution in [1.82, 2.24) is 0 Å². The molecule has 0 spiro atoms. The lowest BCUT2D eigenvalue weighted by Crippen LogP contribution is -2.52. The molecule has 140 valence electrons. The van der Waals surface area contributed by atoms with E-state index in [9.17, 15) is 24.6 Å². The number of allylic oxidation sites excluding steroid dienone is 3. The van der Waals surface area contributed by atoms with Crippen molar-refractivity contribution in [3.8, 4) is 0 Å². The van der Waals surface area contributed by atoms with E-state index >= 15 is 0 Å². The molecule has 5 nitrogen and oxygen atoms in total. The van der Waals surface area contributed by atoms with Gasteiger partial charge < -0.3 is 10.2 Å². The Labute approximate surface area is 149 Å². The molecule has 0 aromatic heterocycles. The molecule has 1 rings (SSSR count). The number of aliphatic hydroxyl groups excluding tert-OH is 1. The van der Waals surface area contributed by atoms with E-state index in [4.69, 9.17) is 0 Å². The van der Waals surface area contributed by atoms with Crippen molar-refractivity contribution in [3.05, 3.63) is 23.3 Å². The predicted molar refractivity (Wildman–Crippen MR) is 95.9 cm³/mol. The average Bonchev–Trinajstić information content (AvgIpc) is 2.69. The van der Waals surface area contributed by atoms with Crippen LogP contribution in [0.15, 0.2) is 23.3 Å². The van der Waals surface area contributed by atoms with Crippen LogP contribution in [0.3, 0.4) is 0 Å². The summed E-state index contributed by atoms with van der Waals surface area (Å²) in [6.07, 6.45) is 2.19. The van der Waals surface area contributed by atoms with Crippen molar-refractivity contribution in [1.29, 1.82) is 0 Å². The second-order valence-electron chi connectivity index (χ2n) is 7.68. The van der Waals surface area contributed by atoms with Gasteiger partial charge in [0, 0.05) is 5.92 Å². The predicted octanol–water partition coefficient (Wildman–Crippen LogP) is 2.40. The number of hydrogen-bond donors (Lipinski definition) is 2. The second-order valence-corrected chi connectivity index (χ2v) is 7.68. The van der Waals surface area contributed by atoms with Crippen molar-refractivity contribution in [2.24, 2.45) is 17.8 Å². The summed E-state index contributed by atoms with van der Waals surface area (Å²) in [4.78, 5) is 38.0. The number of rotatable bonds is 7. The van der Waals surface area contributed by atoms with Crippen LogP contribution in [0.25, 0.3) is 0 Å². The summed E-state index contributed by atoms with van der Waals surface area (Å²) in [6.45, 7) is 10.6. The van der Waals surface area contributed by atoms with Gasteiger partial charge >= 0.3 is 0 Å². The summed E-state index contributed by atoms with van der Waals surface area (Å²) in [5.41, 5.74) is -0.375. The summed E-state index contributed by atoms with van der Waals surface area (Å²) in [6, 6.07) is 0. The fraction of sp³-hybridized carbons (Fsp3) is 0.650. The van der Waals surface area contributed by atoms with Crippen LogP contribution in [0.1, 0.15) is 54.4 Å². The van der Waals surface area contributed by atoms with Gasteiger partial charge in [-0.1, -0.05) is 37.1 Å². The highest BCUT2D eigenvalue weighted by atomic mass is 16.4. The van der Waals surface area contributed by atoms with Crippen LogP contribution < -0.4 is 0 Å². The fourth-order valence-electron chi connectivity index (χ4n) is 3.13. The zero-order valence-corrected chi connectivity index (χ0v) is 16.0. The van der Waals surface area contributed by atoms with Gasteiger partial charge in [0.15, 0.2) is 23.0 Å². The molecular formula is C20H30O5. The number of Topliss-reactive ketones (excluding diaryl/α,β-unsaturated/α-hetero) is 3. The number of hydrogen-bond acceptors (Lipinski definition) is 5. The molecule has 1 saturated carbocycles. The Hall–Kier alpha value is -1.59. The van der Waals surface area contributed by atoms with Crippen LogP contribution in [0.5, 0.6) is 0 Å². The quantitative estimate of drug-likeness (QED) is 0.543. The lowest BCUT2D eigenvalue weighted by Gasteiger charge is -2.31. The third kappa shape index (κ3) is 4.33. The third-order valence-electron chi connectivity index (χ3n) is 4.69. The van der Waals surface area contributed by atoms with Crippen molar-refractivity contribution >= 4 is 17.3 Å². The smallest absolute Gasteiger partial charge is 0.185 e. The zero-order valence-electron chi connectivity index (χ0n) is 16.0. The first-order valence-corrected chi connectivity index (χ1v) is 8.73. The van der Waals surface area contributed by atoms with Crippen molar-refractivity contribution < 1.29 is 24.6 Å². The highest BCUT2D eigenvalue weighted by Crippen LogP contribution is 2.41. The van der Waals surface area contributed by atoms with Crippen LogP contribution in [-0.2, 0) is 14.4 Å². The maximum Gasteiger partial charge on any atom is 0.185 e. The lowest BCUT2D eigenvalue weighted by atomic mass is 9.80. The first kappa shape index (κ1) is 21.5. The topological polar surface area (TPSA) is 91.7 Å². The van der Waals surface area contributed by atoms with Crippen LogP contribution in [0.4, 0.5) is 0 Å². The normalized spacial score (nSPS) is 27.4. The molecular weight excluding hydrogens is 320 g/mol. The Morgan fingerprint density at radius 2 is 1.64 bits per heavy atom. The third-order valence-corrected chi connectivity index (χ3v) is 4.69. The molecule has 2 N–H and O–H groups in total. The summed E-state index contributed by atoms with van der Waals surface area (Å²) in [5, 5.41) is 21.6. The molecule has 0 heterocycles. The molecule has 0 aromatic rings. The van der Waals surface area contributed by atoms with Gasteiger partial charge in [-0.3, -0.25) is 14.4 Å². The summed E-state index contributed by atoms with van der Waals surface area (Å²) in [7, 11) is 0. The minimum Gasteiger partial charge on any atom is -0.389 e. The fourth-order valence-corrected chi connectivity index (χ4v) is 3.13. The van der Waals surface area contributed by atoms with Crippen molar-refractivity contribution in [2.45, 2.75) is 66.1 Å². The van der Waals surface area contributed by atoms with E-state index in [1.165, 1.54) is 0 Å². The minimum atomic E-state index is -2.23. The molecule has 0 saturated heterocycles. The summed E-state index contributed by atoms with van der Waals surface area (Å²) < 4.78 is 0. The van der Waals surface area contributed by atoms with E-state index in [0.29, 0.717) is 0 Å². The number of carbonyl (C=O) groups is 3. The van der Waals surface area contributed by atoms with E-state index in [2.05, 4.69) is 0 Å². The molecule has 4 atom stereocenters. The molecule has 0 aliphatic heterocycles. The molecule has 1 fully saturated rings. The van der Waals surface area contributed by atoms with E-state index in [-0.39, 0.29) is 12.8 Å². The van der Waals surface area contributed by atoms with Crippen molar-refractivity contribution in [2.75, 3.05) is 0 Å². The summed E-state index contributed by atoms with van der Waals surface area (Å²) in [5.74, 6) is -5.04. The van der Waals surface area contributed by atoms with E-state index in [0.717, 1.165) is 11.1 Å². The van der Waals surface area contributed by atoms with Gasteiger partial charge in [0.05, 0.1) is 12.0 Å². The van der Waals surface area contributed by atoms with Gasteiger partial charge in [0.2, 0.25) is 0 Å². The molecule has 0 radical (unpaired) electrons. The Kier molecular flexibility index (Phi) is 7.03. The summed E-state index contributed by atoms with van der Waals surface area (Å²) >= 11 is 0. The molecule has 1 aliphatic rings. The molecule has 5 heteroatoms. The van der Waals surface area contributed by atoms with Crippen LogP contribution >= 0.6 is 0 Å². The maximum absolute atomic E-state index is 12.8. The van der Waals surface area contributed by atoms with Gasteiger partial charge in [0.25, 0.3) is 0 Å². The molecule has 0 bridgehead atoms. The zero-order chi connectivity index (χ0) is 19.5. The first-order chi connectivity index (χ1) is 11.4. The van der Waals surface area contributed by atoms with Crippen molar-refractivity contribution in [3.63, 3.8) is 0 Å². The Morgan fingerprint density at radius 1 is 1.12 bits per heavy atom. The number of aliphatic hydroxyl groups is 2. The van der Waals surface area contributed by atoms with E-state index < -0.39 is 46.8 Å². The minimum absolute atomic E-state index is 0.0474. The molecule has 0 amide bonds. The Balaban J connectivity index is 3.34. The largest absolute Gasteiger partial charge is 0.389 e. The molecule has 0 aromatic carbocycles. The molecule has 1 unspecified atom stereocenters. The second kappa shape index (κ2) is 8.19. The first-order valence-electron chi connectivity index (χ1n) is 8.73. The van der Waals surface area contributed by atoms with Crippen LogP contribution in [0, 0.1) is 17.8 Å². The monoisotopic (exact) mass is 350 g/mol. The number of carbonyl (C=O) groups excluding carboxylic acids is 3. The highest BCUT2D eigenvalue weighted by Gasteiger charge is 2.63. The van der Waals surface area contributed by atoms with Gasteiger partial charge in [0.1, 0.15) is 5.92 Å². The van der Waals surface area contributed by atoms with Gasteiger partial charge in [-0.2, -0.15) is 0 Å². The average molecular weight is 350 g/mol. The standard InChI is InChI=1S/C20H30O5/c1-11(2)7-9-14-18(23)16(17(22)13(5)6)19(24)20(14,25)15(21)10-8-12(3)4/h7-8,13-16,21,25H,9-10H2,1-6H3/t14-,15-,16?,20-/m1/s1. The molecule has 25 heavy (non-hydrogen) atoms. The maximum atomic E-state index is 12.8. The van der Waals surface area contributed by atoms with Gasteiger partial charge in [-0.15, -0.1) is 0 Å². The van der Waals surface area contributed by atoms with Crippen LogP contribution in [0.2, 0.25) is 0 Å². The highest BCUT2D eigenvalue weighted by molar-refractivity contribution is 6.27. The lowest BCUT2D eigenvalue weighted by molar-refractivity contribution is -0.155. The number of ketones is 3. The van der Waals surface area contributed by atoms with E-state index in [1.54, 1.807) is 26.0 Å². The Bertz CT molecular complexity index is 606. The SMILES string of the molecule is CC(C)=CC[C@@H](O)[C@@]1(O)C(=O)C(C(=O)C(C)C)C(=O)[C@H]1CC=C(C)C. The van der Waals surface area contributed by atoms with E-state index in [1.807, 2.05) is 27.7 Å². The Morgan fingerprint density at radius 3 is 2.08 bits per heavy atom. The van der Waals surface area contributed by atoms with Crippen LogP contribution in [-0.4, -0.2) is 39.3 Å². The van der Waals surface area contributed by atoms with Gasteiger partial charge in [-0.25, -0.2) is 0 Å². The van der Waals surface area contributed by atoms with Gasteiger partial charge in [-0.05, 0) is 40.5 Å².